The van der Waals surface area contributed by atoms with E-state index in [1.165, 1.54) is 11.1 Å². The molecule has 0 aliphatic carbocycles. The highest BCUT2D eigenvalue weighted by atomic mass is 16.3. The lowest BCUT2D eigenvalue weighted by Crippen LogP contribution is -2.26. The summed E-state index contributed by atoms with van der Waals surface area (Å²) < 4.78 is 5.69. The van der Waals surface area contributed by atoms with E-state index in [1.807, 2.05) is 13.8 Å². The summed E-state index contributed by atoms with van der Waals surface area (Å²) in [5, 5.41) is 3.59. The van der Waals surface area contributed by atoms with E-state index in [2.05, 4.69) is 55.6 Å². The van der Waals surface area contributed by atoms with Crippen LogP contribution in [0.2, 0.25) is 0 Å². The molecule has 1 heterocycles. The minimum atomic E-state index is 0.296. The summed E-state index contributed by atoms with van der Waals surface area (Å²) >= 11 is 0. The van der Waals surface area contributed by atoms with Gasteiger partial charge in [-0.05, 0) is 32.0 Å². The van der Waals surface area contributed by atoms with Gasteiger partial charge in [0.05, 0.1) is 0 Å². The second-order valence-electron chi connectivity index (χ2n) is 5.10. The first-order valence-electron chi connectivity index (χ1n) is 6.98. The van der Waals surface area contributed by atoms with Crippen LogP contribution in [0, 0.1) is 13.8 Å². The van der Waals surface area contributed by atoms with Gasteiger partial charge in [0.15, 0.2) is 0 Å². The number of benzene rings is 1. The van der Waals surface area contributed by atoms with Crippen molar-refractivity contribution in [3.8, 4) is 0 Å². The maximum absolute atomic E-state index is 5.69. The average molecular weight is 257 g/mol. The van der Waals surface area contributed by atoms with E-state index in [1.54, 1.807) is 0 Å². The summed E-state index contributed by atoms with van der Waals surface area (Å²) in [5.74, 6) is 2.42. The molecule has 0 saturated carbocycles. The van der Waals surface area contributed by atoms with Crippen molar-refractivity contribution in [3.05, 3.63) is 59.0 Å². The first-order chi connectivity index (χ1) is 9.13. The van der Waals surface area contributed by atoms with Gasteiger partial charge in [0.2, 0.25) is 0 Å². The van der Waals surface area contributed by atoms with Gasteiger partial charge in [-0.1, -0.05) is 44.2 Å². The Labute approximate surface area is 115 Å². The third-order valence-electron chi connectivity index (χ3n) is 3.66. The molecule has 2 nitrogen and oxygen atoms in total. The van der Waals surface area contributed by atoms with Crippen LogP contribution in [0.3, 0.4) is 0 Å². The molecule has 102 valence electrons. The van der Waals surface area contributed by atoms with Gasteiger partial charge >= 0.3 is 0 Å². The van der Waals surface area contributed by atoms with Gasteiger partial charge in [-0.15, -0.1) is 0 Å². The van der Waals surface area contributed by atoms with Gasteiger partial charge < -0.3 is 9.73 Å². The molecule has 0 spiro atoms. The lowest BCUT2D eigenvalue weighted by Gasteiger charge is -2.25. The Kier molecular flexibility index (Phi) is 4.43. The zero-order valence-corrected chi connectivity index (χ0v) is 12.2. The molecular weight excluding hydrogens is 234 g/mol. The van der Waals surface area contributed by atoms with Crippen molar-refractivity contribution in [2.75, 3.05) is 6.54 Å². The summed E-state index contributed by atoms with van der Waals surface area (Å²) in [5.41, 5.74) is 2.63. The van der Waals surface area contributed by atoms with Crippen LogP contribution in [0.4, 0.5) is 0 Å². The zero-order chi connectivity index (χ0) is 13.8. The molecular formula is C17H23NO. The number of likely N-dealkylation sites (N-methyl/N-ethyl adjacent to an activating group) is 1. The first-order valence-corrected chi connectivity index (χ1v) is 6.98. The molecule has 2 aromatic rings. The molecule has 19 heavy (non-hydrogen) atoms. The molecule has 0 aliphatic heterocycles. The molecule has 2 heteroatoms. The molecule has 1 aromatic carbocycles. The Morgan fingerprint density at radius 2 is 1.84 bits per heavy atom. The normalized spacial score (nSPS) is 14.3. The van der Waals surface area contributed by atoms with E-state index in [9.17, 15) is 0 Å². The lowest BCUT2D eigenvalue weighted by molar-refractivity contribution is 0.455. The van der Waals surface area contributed by atoms with Crippen molar-refractivity contribution >= 4 is 0 Å². The van der Waals surface area contributed by atoms with Crippen LogP contribution in [0.15, 0.2) is 40.8 Å². The third kappa shape index (κ3) is 3.07. The monoisotopic (exact) mass is 257 g/mol. The predicted molar refractivity (Wildman–Crippen MR) is 79.5 cm³/mol. The lowest BCUT2D eigenvalue weighted by atomic mass is 9.88. The molecule has 0 aliphatic rings. The van der Waals surface area contributed by atoms with Crippen molar-refractivity contribution in [2.24, 2.45) is 0 Å². The Morgan fingerprint density at radius 1 is 1.16 bits per heavy atom. The van der Waals surface area contributed by atoms with Crippen LogP contribution in [0.5, 0.6) is 0 Å². The average Bonchev–Trinajstić information content (AvgIpc) is 2.75. The topological polar surface area (TPSA) is 25.2 Å². The van der Waals surface area contributed by atoms with Crippen molar-refractivity contribution in [1.29, 1.82) is 0 Å². The summed E-state index contributed by atoms with van der Waals surface area (Å²) in [6, 6.07) is 13.1. The van der Waals surface area contributed by atoms with Gasteiger partial charge in [0, 0.05) is 17.5 Å². The molecule has 2 unspecified atom stereocenters. The SMILES string of the molecule is CCNC(c1cc(C)oc1C)C(C)c1ccccc1. The van der Waals surface area contributed by atoms with Crippen molar-refractivity contribution in [3.63, 3.8) is 0 Å². The zero-order valence-electron chi connectivity index (χ0n) is 12.2. The summed E-state index contributed by atoms with van der Waals surface area (Å²) in [6.45, 7) is 9.42. The van der Waals surface area contributed by atoms with Crippen molar-refractivity contribution < 1.29 is 4.42 Å². The maximum atomic E-state index is 5.69. The Bertz CT molecular complexity index is 515. The van der Waals surface area contributed by atoms with Gasteiger partial charge in [0.1, 0.15) is 11.5 Å². The van der Waals surface area contributed by atoms with Crippen LogP contribution < -0.4 is 5.32 Å². The van der Waals surface area contributed by atoms with Crippen molar-refractivity contribution in [1.82, 2.24) is 5.32 Å². The fraction of sp³-hybridized carbons (Fsp3) is 0.412. The quantitative estimate of drug-likeness (QED) is 0.861. The molecule has 0 fully saturated rings. The highest BCUT2D eigenvalue weighted by Crippen LogP contribution is 2.33. The Hall–Kier alpha value is -1.54. The molecule has 0 saturated heterocycles. The minimum absolute atomic E-state index is 0.296. The van der Waals surface area contributed by atoms with Gasteiger partial charge in [0.25, 0.3) is 0 Å². The molecule has 2 atom stereocenters. The third-order valence-corrected chi connectivity index (χ3v) is 3.66. The van der Waals surface area contributed by atoms with E-state index in [-0.39, 0.29) is 0 Å². The Morgan fingerprint density at radius 3 is 2.37 bits per heavy atom. The van der Waals surface area contributed by atoms with Gasteiger partial charge in [-0.2, -0.15) is 0 Å². The second-order valence-corrected chi connectivity index (χ2v) is 5.10. The molecule has 0 bridgehead atoms. The predicted octanol–water partition coefficient (Wildman–Crippen LogP) is 4.35. The number of rotatable bonds is 5. The summed E-state index contributed by atoms with van der Waals surface area (Å²) in [4.78, 5) is 0. The number of furan rings is 1. The molecule has 0 radical (unpaired) electrons. The number of nitrogens with one attached hydrogen (secondary N) is 1. The van der Waals surface area contributed by atoms with Crippen LogP contribution in [-0.4, -0.2) is 6.54 Å². The van der Waals surface area contributed by atoms with Crippen molar-refractivity contribution in [2.45, 2.75) is 39.7 Å². The van der Waals surface area contributed by atoms with E-state index >= 15 is 0 Å². The largest absolute Gasteiger partial charge is 0.466 e. The van der Waals surface area contributed by atoms with Crippen LogP contribution in [-0.2, 0) is 0 Å². The van der Waals surface area contributed by atoms with E-state index < -0.39 is 0 Å². The number of hydrogen-bond acceptors (Lipinski definition) is 2. The Balaban J connectivity index is 2.32. The molecule has 1 N–H and O–H groups in total. The molecule has 1 aromatic heterocycles. The number of hydrogen-bond donors (Lipinski definition) is 1. The molecule has 2 rings (SSSR count). The fourth-order valence-corrected chi connectivity index (χ4v) is 2.68. The second kappa shape index (κ2) is 6.07. The van der Waals surface area contributed by atoms with E-state index in [4.69, 9.17) is 4.42 Å². The molecule has 0 amide bonds. The summed E-state index contributed by atoms with van der Waals surface area (Å²) in [7, 11) is 0. The fourth-order valence-electron chi connectivity index (χ4n) is 2.68. The van der Waals surface area contributed by atoms with E-state index in [0.29, 0.717) is 12.0 Å². The highest BCUT2D eigenvalue weighted by molar-refractivity contribution is 5.30. The highest BCUT2D eigenvalue weighted by Gasteiger charge is 2.23. The van der Waals surface area contributed by atoms with Crippen LogP contribution >= 0.6 is 0 Å². The van der Waals surface area contributed by atoms with Gasteiger partial charge in [-0.3, -0.25) is 0 Å². The van der Waals surface area contributed by atoms with Crippen LogP contribution in [0.25, 0.3) is 0 Å². The minimum Gasteiger partial charge on any atom is -0.466 e. The van der Waals surface area contributed by atoms with Crippen LogP contribution in [0.1, 0.15) is 48.5 Å². The van der Waals surface area contributed by atoms with Gasteiger partial charge in [-0.25, -0.2) is 0 Å². The first kappa shape index (κ1) is 13.9. The maximum Gasteiger partial charge on any atom is 0.105 e. The summed E-state index contributed by atoms with van der Waals surface area (Å²) in [6.07, 6.45) is 0. The standard InChI is InChI=1S/C17H23NO/c1-5-18-17(16-11-12(2)19-14(16)4)13(3)15-9-7-6-8-10-15/h6-11,13,17-18H,5H2,1-4H3. The van der Waals surface area contributed by atoms with E-state index in [0.717, 1.165) is 18.1 Å². The number of aryl methyl sites for hydroxylation is 2. The smallest absolute Gasteiger partial charge is 0.105 e.